The van der Waals surface area contributed by atoms with E-state index in [1.165, 1.54) is 18.2 Å². The summed E-state index contributed by atoms with van der Waals surface area (Å²) in [5, 5.41) is 10.8. The van der Waals surface area contributed by atoms with Crippen LogP contribution in [-0.2, 0) is 4.74 Å². The molecular weight excluding hydrogens is 272 g/mol. The summed E-state index contributed by atoms with van der Waals surface area (Å²) < 4.78 is 5.06. The van der Waals surface area contributed by atoms with Gasteiger partial charge in [-0.1, -0.05) is 19.1 Å². The smallest absolute Gasteiger partial charge is 0.270 e. The lowest BCUT2D eigenvalue weighted by atomic mass is 10.1. The van der Waals surface area contributed by atoms with E-state index in [-0.39, 0.29) is 24.1 Å². The summed E-state index contributed by atoms with van der Waals surface area (Å²) in [6, 6.07) is 6.11. The zero-order chi connectivity index (χ0) is 15.8. The Hall–Kier alpha value is -1.79. The number of carbonyl (C=O) groups is 1. The average Bonchev–Trinajstić information content (AvgIpc) is 2.50. The Kier molecular flexibility index (Phi) is 6.98. The first kappa shape index (κ1) is 17.3. The second kappa shape index (κ2) is 8.49. The summed E-state index contributed by atoms with van der Waals surface area (Å²) in [5.41, 5.74) is 0.308. The van der Waals surface area contributed by atoms with Gasteiger partial charge in [-0.3, -0.25) is 19.8 Å². The van der Waals surface area contributed by atoms with Crippen molar-refractivity contribution in [3.8, 4) is 0 Å². The summed E-state index contributed by atoms with van der Waals surface area (Å²) in [6.45, 7) is 5.55. The molecule has 0 radical (unpaired) electrons. The molecule has 1 aromatic carbocycles. The molecule has 0 N–H and O–H groups in total. The van der Waals surface area contributed by atoms with Crippen molar-refractivity contribution in [1.82, 2.24) is 4.90 Å². The van der Waals surface area contributed by atoms with Gasteiger partial charge in [0, 0.05) is 37.4 Å². The highest BCUT2D eigenvalue weighted by Crippen LogP contribution is 2.14. The molecule has 1 rings (SSSR count). The van der Waals surface area contributed by atoms with Crippen LogP contribution in [0.5, 0.6) is 0 Å². The van der Waals surface area contributed by atoms with Gasteiger partial charge in [0.15, 0.2) is 5.78 Å². The van der Waals surface area contributed by atoms with Gasteiger partial charge >= 0.3 is 0 Å². The molecule has 0 aliphatic carbocycles. The van der Waals surface area contributed by atoms with E-state index in [1.807, 2.05) is 4.90 Å². The third-order valence-corrected chi connectivity index (χ3v) is 3.52. The van der Waals surface area contributed by atoms with Gasteiger partial charge in [0.2, 0.25) is 0 Å². The highest BCUT2D eigenvalue weighted by Gasteiger charge is 2.18. The van der Waals surface area contributed by atoms with Gasteiger partial charge in [-0.05, 0) is 13.3 Å². The van der Waals surface area contributed by atoms with Crippen molar-refractivity contribution in [2.24, 2.45) is 0 Å². The van der Waals surface area contributed by atoms with Crippen LogP contribution in [0.4, 0.5) is 5.69 Å². The van der Waals surface area contributed by atoms with Gasteiger partial charge in [-0.25, -0.2) is 0 Å². The minimum atomic E-state index is -0.492. The lowest BCUT2D eigenvalue weighted by molar-refractivity contribution is -0.384. The molecular formula is C15H22N2O4. The van der Waals surface area contributed by atoms with Gasteiger partial charge in [-0.15, -0.1) is 0 Å². The maximum absolute atomic E-state index is 12.3. The fraction of sp³-hybridized carbons (Fsp3) is 0.533. The number of nitro groups is 1. The molecule has 0 aromatic heterocycles. The van der Waals surface area contributed by atoms with Crippen LogP contribution in [0.1, 0.15) is 30.6 Å². The number of hydrogen-bond acceptors (Lipinski definition) is 5. The number of methoxy groups -OCH3 is 1. The number of Topliss-reactive ketones (excluding diaryl/α,β-unsaturated/α-hetero) is 1. The van der Waals surface area contributed by atoms with E-state index in [4.69, 9.17) is 4.74 Å². The van der Waals surface area contributed by atoms with Gasteiger partial charge < -0.3 is 4.74 Å². The number of hydrogen-bond donors (Lipinski definition) is 0. The molecule has 0 aliphatic heterocycles. The summed E-state index contributed by atoms with van der Waals surface area (Å²) >= 11 is 0. The van der Waals surface area contributed by atoms with Crippen molar-refractivity contribution in [1.29, 1.82) is 0 Å². The number of benzene rings is 1. The summed E-state index contributed by atoms with van der Waals surface area (Å²) in [5.74, 6) is -0.116. The zero-order valence-electron chi connectivity index (χ0n) is 12.7. The molecule has 0 amide bonds. The highest BCUT2D eigenvalue weighted by atomic mass is 16.6. The molecule has 0 saturated carbocycles. The van der Waals surface area contributed by atoms with Crippen LogP contribution < -0.4 is 0 Å². The third kappa shape index (κ3) is 5.24. The maximum atomic E-state index is 12.3. The van der Waals surface area contributed by atoms with Gasteiger partial charge in [0.05, 0.1) is 18.1 Å². The Morgan fingerprint density at radius 1 is 1.48 bits per heavy atom. The van der Waals surface area contributed by atoms with Crippen LogP contribution in [0.2, 0.25) is 0 Å². The van der Waals surface area contributed by atoms with Gasteiger partial charge in [0.25, 0.3) is 5.69 Å². The normalized spacial score (nSPS) is 12.4. The van der Waals surface area contributed by atoms with Crippen molar-refractivity contribution in [3.05, 3.63) is 39.9 Å². The van der Waals surface area contributed by atoms with Crippen LogP contribution in [0, 0.1) is 10.1 Å². The molecule has 1 atom stereocenters. The SMILES string of the molecule is CCC(C)N(CCOC)CC(=O)c1cccc([N+](=O)[O-])c1. The number of carbonyl (C=O) groups excluding carboxylic acids is 1. The van der Waals surface area contributed by atoms with Crippen LogP contribution in [0.3, 0.4) is 0 Å². The van der Waals surface area contributed by atoms with E-state index >= 15 is 0 Å². The maximum Gasteiger partial charge on any atom is 0.270 e. The number of rotatable bonds is 9. The lowest BCUT2D eigenvalue weighted by Crippen LogP contribution is -2.39. The molecule has 21 heavy (non-hydrogen) atoms. The van der Waals surface area contributed by atoms with Crippen LogP contribution in [0.15, 0.2) is 24.3 Å². The first-order valence-corrected chi connectivity index (χ1v) is 7.00. The number of nitro benzene ring substituents is 1. The second-order valence-electron chi connectivity index (χ2n) is 4.95. The largest absolute Gasteiger partial charge is 0.383 e. The van der Waals surface area contributed by atoms with E-state index in [9.17, 15) is 14.9 Å². The van der Waals surface area contributed by atoms with E-state index in [2.05, 4.69) is 13.8 Å². The Labute approximate surface area is 124 Å². The summed E-state index contributed by atoms with van der Waals surface area (Å²) in [6.07, 6.45) is 0.923. The predicted molar refractivity (Wildman–Crippen MR) is 80.6 cm³/mol. The Morgan fingerprint density at radius 3 is 2.76 bits per heavy atom. The fourth-order valence-electron chi connectivity index (χ4n) is 1.99. The molecule has 6 nitrogen and oxygen atoms in total. The first-order valence-electron chi connectivity index (χ1n) is 7.00. The van der Waals surface area contributed by atoms with Crippen LogP contribution in [-0.4, -0.2) is 48.5 Å². The zero-order valence-corrected chi connectivity index (χ0v) is 12.7. The molecule has 0 bridgehead atoms. The van der Waals surface area contributed by atoms with Crippen LogP contribution in [0.25, 0.3) is 0 Å². The van der Waals surface area contributed by atoms with E-state index in [0.717, 1.165) is 6.42 Å². The van der Waals surface area contributed by atoms with Crippen molar-refractivity contribution in [2.45, 2.75) is 26.3 Å². The van der Waals surface area contributed by atoms with Crippen molar-refractivity contribution in [3.63, 3.8) is 0 Å². The minimum Gasteiger partial charge on any atom is -0.383 e. The number of ketones is 1. The number of ether oxygens (including phenoxy) is 1. The number of nitrogens with zero attached hydrogens (tertiary/aromatic N) is 2. The molecule has 6 heteroatoms. The summed E-state index contributed by atoms with van der Waals surface area (Å²) in [4.78, 5) is 24.6. The van der Waals surface area contributed by atoms with Crippen molar-refractivity contribution >= 4 is 11.5 Å². The fourth-order valence-corrected chi connectivity index (χ4v) is 1.99. The van der Waals surface area contributed by atoms with Gasteiger partial charge in [-0.2, -0.15) is 0 Å². The minimum absolute atomic E-state index is 0.0622. The standard InChI is InChI=1S/C15H22N2O4/c1-4-12(2)16(8-9-21-3)11-15(18)13-6-5-7-14(10-13)17(19)20/h5-7,10,12H,4,8-9,11H2,1-3H3. The van der Waals surface area contributed by atoms with E-state index in [1.54, 1.807) is 13.2 Å². The lowest BCUT2D eigenvalue weighted by Gasteiger charge is -2.27. The Bertz CT molecular complexity index is 490. The Morgan fingerprint density at radius 2 is 2.19 bits per heavy atom. The van der Waals surface area contributed by atoms with Gasteiger partial charge in [0.1, 0.15) is 0 Å². The van der Waals surface area contributed by atoms with Crippen molar-refractivity contribution in [2.75, 3.05) is 26.8 Å². The summed E-state index contributed by atoms with van der Waals surface area (Å²) in [7, 11) is 1.62. The van der Waals surface area contributed by atoms with Crippen LogP contribution >= 0.6 is 0 Å². The molecule has 0 aliphatic rings. The molecule has 1 aromatic rings. The predicted octanol–water partition coefficient (Wildman–Crippen LogP) is 2.52. The number of non-ortho nitro benzene ring substituents is 1. The van der Waals surface area contributed by atoms with E-state index < -0.39 is 4.92 Å². The topological polar surface area (TPSA) is 72.7 Å². The second-order valence-corrected chi connectivity index (χ2v) is 4.95. The molecule has 0 heterocycles. The molecule has 1 unspecified atom stereocenters. The molecule has 0 spiro atoms. The third-order valence-electron chi connectivity index (χ3n) is 3.52. The average molecular weight is 294 g/mol. The Balaban J connectivity index is 2.81. The molecule has 0 fully saturated rings. The van der Waals surface area contributed by atoms with Crippen molar-refractivity contribution < 1.29 is 14.5 Å². The first-order chi connectivity index (χ1) is 9.99. The highest BCUT2D eigenvalue weighted by molar-refractivity contribution is 5.98. The molecule has 0 saturated heterocycles. The monoisotopic (exact) mass is 294 g/mol. The quantitative estimate of drug-likeness (QED) is 0.397. The molecule has 116 valence electrons. The van der Waals surface area contributed by atoms with E-state index in [0.29, 0.717) is 18.7 Å².